The van der Waals surface area contributed by atoms with Crippen LogP contribution < -0.4 is 4.89 Å². The Bertz CT molecular complexity index is 432. The molecule has 0 radical (unpaired) electrons. The lowest BCUT2D eigenvalue weighted by atomic mass is 10.2. The van der Waals surface area contributed by atoms with E-state index < -0.39 is 19.9 Å². The minimum absolute atomic E-state index is 0.0372. The van der Waals surface area contributed by atoms with E-state index in [4.69, 9.17) is 13.8 Å². The number of carbonyl (C=O) groups excluding carboxylic acids is 1. The number of phosphoric ester groups is 1. The third kappa shape index (κ3) is 12.4. The van der Waals surface area contributed by atoms with E-state index in [0.717, 1.165) is 12.8 Å². The van der Waals surface area contributed by atoms with Gasteiger partial charge in [-0.2, -0.15) is 0 Å². The first-order valence-corrected chi connectivity index (χ1v) is 9.20. The number of nitrogens with zero attached hydrogens (tertiary/aromatic N) is 1. The molecule has 0 aromatic heterocycles. The summed E-state index contributed by atoms with van der Waals surface area (Å²) >= 11 is 0. The predicted molar refractivity (Wildman–Crippen MR) is 86.6 cm³/mol. The molecule has 0 saturated carbocycles. The summed E-state index contributed by atoms with van der Waals surface area (Å²) in [5.41, 5.74) is 0.260. The van der Waals surface area contributed by atoms with Gasteiger partial charge >= 0.3 is 5.97 Å². The molecule has 0 fully saturated rings. The Morgan fingerprint density at radius 3 is 2.39 bits per heavy atom. The zero-order chi connectivity index (χ0) is 18.1. The Balaban J connectivity index is 4.42. The van der Waals surface area contributed by atoms with Gasteiger partial charge in [-0.05, 0) is 19.8 Å². The van der Waals surface area contributed by atoms with Gasteiger partial charge in [0.1, 0.15) is 19.3 Å². The van der Waals surface area contributed by atoms with Gasteiger partial charge in [-0.15, -0.1) is 0 Å². The fourth-order valence-electron chi connectivity index (χ4n) is 1.50. The maximum Gasteiger partial charge on any atom is 0.333 e. The highest BCUT2D eigenvalue weighted by atomic mass is 31.2. The summed E-state index contributed by atoms with van der Waals surface area (Å²) in [5.74, 6) is -0.554. The number of ether oxygens (including phenoxy) is 1. The van der Waals surface area contributed by atoms with E-state index in [-0.39, 0.29) is 18.8 Å². The predicted octanol–water partition coefficient (Wildman–Crippen LogP) is 1.87. The smallest absolute Gasteiger partial charge is 0.333 e. The van der Waals surface area contributed by atoms with Crippen molar-refractivity contribution >= 4 is 13.8 Å². The van der Waals surface area contributed by atoms with Gasteiger partial charge in [0.25, 0.3) is 7.82 Å². The molecule has 0 heterocycles. The molecule has 0 aliphatic heterocycles. The SMILES string of the molecule is C=C(C)C(=O)OC(CCCC)COP(=O)([O-])OCC[N+](C)(C)C. The van der Waals surface area contributed by atoms with Crippen molar-refractivity contribution in [1.82, 2.24) is 0 Å². The number of phosphoric acid groups is 1. The topological polar surface area (TPSA) is 84.9 Å². The molecule has 0 rings (SSSR count). The molecule has 0 aliphatic carbocycles. The second kappa shape index (κ2) is 10.2. The van der Waals surface area contributed by atoms with Gasteiger partial charge < -0.3 is 23.2 Å². The minimum atomic E-state index is -4.41. The number of likely N-dealkylation sites (N-methyl/N-ethyl adjacent to an activating group) is 1. The van der Waals surface area contributed by atoms with Gasteiger partial charge in [0.2, 0.25) is 0 Å². The summed E-state index contributed by atoms with van der Waals surface area (Å²) in [6.07, 6.45) is 1.58. The van der Waals surface area contributed by atoms with Crippen molar-refractivity contribution in [2.75, 3.05) is 40.9 Å². The monoisotopic (exact) mass is 351 g/mol. The molecular formula is C15H30NO6P. The zero-order valence-corrected chi connectivity index (χ0v) is 15.8. The van der Waals surface area contributed by atoms with Crippen molar-refractivity contribution in [3.63, 3.8) is 0 Å². The van der Waals surface area contributed by atoms with Crippen LogP contribution in [0.15, 0.2) is 12.2 Å². The Morgan fingerprint density at radius 2 is 1.91 bits per heavy atom. The summed E-state index contributed by atoms with van der Waals surface area (Å²) < 4.78 is 27.2. The molecule has 0 aliphatic rings. The molecule has 8 heteroatoms. The van der Waals surface area contributed by atoms with E-state index in [1.807, 2.05) is 28.1 Å². The van der Waals surface area contributed by atoms with Crippen LogP contribution in [-0.2, 0) is 23.1 Å². The average molecular weight is 351 g/mol. The Labute approximate surface area is 139 Å². The molecular weight excluding hydrogens is 321 g/mol. The first-order chi connectivity index (χ1) is 10.5. The third-order valence-corrected chi connectivity index (χ3v) is 3.90. The molecule has 2 atom stereocenters. The molecule has 0 aromatic rings. The molecule has 0 aromatic carbocycles. The molecule has 0 bridgehead atoms. The molecule has 0 saturated heterocycles. The highest BCUT2D eigenvalue weighted by Crippen LogP contribution is 2.38. The van der Waals surface area contributed by atoms with Crippen LogP contribution in [0.4, 0.5) is 0 Å². The number of esters is 1. The highest BCUT2D eigenvalue weighted by Gasteiger charge is 2.19. The van der Waals surface area contributed by atoms with Gasteiger partial charge in [0.15, 0.2) is 0 Å². The summed E-state index contributed by atoms with van der Waals surface area (Å²) in [5, 5.41) is 0. The van der Waals surface area contributed by atoms with Crippen LogP contribution in [0.1, 0.15) is 33.1 Å². The molecule has 7 nitrogen and oxygen atoms in total. The summed E-state index contributed by atoms with van der Waals surface area (Å²) in [4.78, 5) is 23.3. The van der Waals surface area contributed by atoms with Gasteiger partial charge in [0, 0.05) is 5.57 Å². The summed E-state index contributed by atoms with van der Waals surface area (Å²) in [6, 6.07) is 0. The largest absolute Gasteiger partial charge is 0.756 e. The lowest BCUT2D eigenvalue weighted by molar-refractivity contribution is -0.870. The molecule has 0 amide bonds. The maximum absolute atomic E-state index is 11.7. The van der Waals surface area contributed by atoms with Crippen molar-refractivity contribution in [3.8, 4) is 0 Å². The minimum Gasteiger partial charge on any atom is -0.756 e. The maximum atomic E-state index is 11.7. The van der Waals surface area contributed by atoms with Gasteiger partial charge in [-0.25, -0.2) is 4.79 Å². The van der Waals surface area contributed by atoms with Crippen molar-refractivity contribution in [2.45, 2.75) is 39.2 Å². The van der Waals surface area contributed by atoms with Crippen LogP contribution in [0.3, 0.4) is 0 Å². The fraction of sp³-hybridized carbons (Fsp3) is 0.800. The quantitative estimate of drug-likeness (QED) is 0.231. The van der Waals surface area contributed by atoms with Gasteiger partial charge in [0.05, 0.1) is 27.7 Å². The Kier molecular flexibility index (Phi) is 9.89. The van der Waals surface area contributed by atoms with Crippen LogP contribution in [-0.4, -0.2) is 57.5 Å². The third-order valence-electron chi connectivity index (χ3n) is 2.93. The van der Waals surface area contributed by atoms with Crippen molar-refractivity contribution in [2.24, 2.45) is 0 Å². The molecule has 136 valence electrons. The number of carbonyl (C=O) groups is 1. The van der Waals surface area contributed by atoms with E-state index in [0.29, 0.717) is 17.4 Å². The molecule has 0 spiro atoms. The van der Waals surface area contributed by atoms with E-state index in [1.165, 1.54) is 6.92 Å². The van der Waals surface area contributed by atoms with Gasteiger partial charge in [-0.1, -0.05) is 19.9 Å². The van der Waals surface area contributed by atoms with Crippen LogP contribution in [0.2, 0.25) is 0 Å². The van der Waals surface area contributed by atoms with E-state index >= 15 is 0 Å². The highest BCUT2D eigenvalue weighted by molar-refractivity contribution is 7.45. The first kappa shape index (κ1) is 22.3. The number of hydrogen-bond donors (Lipinski definition) is 0. The van der Waals surface area contributed by atoms with Crippen molar-refractivity contribution in [3.05, 3.63) is 12.2 Å². The summed E-state index contributed by atoms with van der Waals surface area (Å²) in [6.45, 7) is 7.35. The molecule has 0 N–H and O–H groups in total. The van der Waals surface area contributed by atoms with E-state index in [1.54, 1.807) is 0 Å². The summed E-state index contributed by atoms with van der Waals surface area (Å²) in [7, 11) is 1.38. The van der Waals surface area contributed by atoms with E-state index in [9.17, 15) is 14.3 Å². The average Bonchev–Trinajstić information content (AvgIpc) is 2.39. The van der Waals surface area contributed by atoms with Crippen LogP contribution in [0, 0.1) is 0 Å². The Morgan fingerprint density at radius 1 is 1.30 bits per heavy atom. The molecule has 2 unspecified atom stereocenters. The second-order valence-corrected chi connectivity index (χ2v) is 7.95. The van der Waals surface area contributed by atoms with Crippen LogP contribution in [0.5, 0.6) is 0 Å². The second-order valence-electron chi connectivity index (χ2n) is 6.54. The van der Waals surface area contributed by atoms with Gasteiger partial charge in [-0.3, -0.25) is 4.57 Å². The van der Waals surface area contributed by atoms with Crippen molar-refractivity contribution < 1.29 is 32.5 Å². The fourth-order valence-corrected chi connectivity index (χ4v) is 2.23. The molecule has 23 heavy (non-hydrogen) atoms. The number of rotatable bonds is 12. The van der Waals surface area contributed by atoms with Crippen LogP contribution in [0.25, 0.3) is 0 Å². The number of quaternary nitrogens is 1. The van der Waals surface area contributed by atoms with Crippen molar-refractivity contribution in [1.29, 1.82) is 0 Å². The lowest BCUT2D eigenvalue weighted by Crippen LogP contribution is -2.37. The first-order valence-electron chi connectivity index (χ1n) is 7.74. The number of unbranched alkanes of at least 4 members (excludes halogenated alkanes) is 1. The van der Waals surface area contributed by atoms with E-state index in [2.05, 4.69) is 6.58 Å². The Hall–Kier alpha value is -0.720. The zero-order valence-electron chi connectivity index (χ0n) is 14.9. The lowest BCUT2D eigenvalue weighted by Gasteiger charge is -2.28. The normalized spacial score (nSPS) is 15.7. The standard InChI is InChI=1S/C15H30NO6P/c1-7-8-9-14(22-15(17)13(2)3)12-21-23(18,19)20-11-10-16(4,5)6/h14H,2,7-12H2,1,3-6H3. The van der Waals surface area contributed by atoms with Crippen LogP contribution >= 0.6 is 7.82 Å². The number of hydrogen-bond acceptors (Lipinski definition) is 6.